The minimum atomic E-state index is -0.542. The lowest BCUT2D eigenvalue weighted by atomic mass is 9.92. The van der Waals surface area contributed by atoms with E-state index in [1.807, 2.05) is 0 Å². The van der Waals surface area contributed by atoms with Gasteiger partial charge in [-0.25, -0.2) is 4.39 Å². The van der Waals surface area contributed by atoms with Gasteiger partial charge in [0, 0.05) is 12.7 Å². The third-order valence-electron chi connectivity index (χ3n) is 4.05. The van der Waals surface area contributed by atoms with Crippen LogP contribution in [0.4, 0.5) is 4.39 Å². The smallest absolute Gasteiger partial charge is 0.259 e. The van der Waals surface area contributed by atoms with Crippen molar-refractivity contribution in [1.82, 2.24) is 15.5 Å². The van der Waals surface area contributed by atoms with Crippen LogP contribution in [0.1, 0.15) is 24.3 Å². The molecule has 0 aliphatic carbocycles. The highest BCUT2D eigenvalue weighted by Gasteiger charge is 2.39. The monoisotopic (exact) mass is 291 g/mol. The molecule has 112 valence electrons. The summed E-state index contributed by atoms with van der Waals surface area (Å²) >= 11 is 0. The fourth-order valence-corrected chi connectivity index (χ4v) is 2.59. The normalized spacial score (nSPS) is 17.9. The maximum Gasteiger partial charge on any atom is 0.259 e. The van der Waals surface area contributed by atoms with Crippen molar-refractivity contribution < 1.29 is 13.7 Å². The van der Waals surface area contributed by atoms with Crippen molar-refractivity contribution >= 4 is 0 Å². The van der Waals surface area contributed by atoms with Gasteiger partial charge in [0.05, 0.1) is 0 Å². The van der Waals surface area contributed by atoms with Crippen LogP contribution in [0.5, 0.6) is 0 Å². The van der Waals surface area contributed by atoms with Crippen LogP contribution in [0.25, 0.3) is 11.4 Å². The molecule has 5 nitrogen and oxygen atoms in total. The van der Waals surface area contributed by atoms with Gasteiger partial charge in [-0.1, -0.05) is 17.3 Å². The fraction of sp³-hybridized carbons (Fsp3) is 0.467. The first-order valence-electron chi connectivity index (χ1n) is 7.01. The molecule has 0 unspecified atom stereocenters. The van der Waals surface area contributed by atoms with Gasteiger partial charge in [-0.15, -0.1) is 0 Å². The predicted octanol–water partition coefficient (Wildman–Crippen LogP) is 2.41. The maximum absolute atomic E-state index is 13.6. The minimum absolute atomic E-state index is 0.276. The Labute approximate surface area is 122 Å². The Morgan fingerprint density at radius 3 is 2.76 bits per heavy atom. The Morgan fingerprint density at radius 1 is 1.33 bits per heavy atom. The van der Waals surface area contributed by atoms with Crippen LogP contribution < -0.4 is 5.32 Å². The molecule has 1 aromatic carbocycles. The van der Waals surface area contributed by atoms with Gasteiger partial charge in [0.25, 0.3) is 5.89 Å². The molecule has 21 heavy (non-hydrogen) atoms. The van der Waals surface area contributed by atoms with Gasteiger partial charge in [0.1, 0.15) is 11.4 Å². The zero-order chi connectivity index (χ0) is 14.9. The lowest BCUT2D eigenvalue weighted by molar-refractivity contribution is -0.0622. The maximum atomic E-state index is 13.6. The van der Waals surface area contributed by atoms with Gasteiger partial charge in [-0.05, 0) is 44.5 Å². The Kier molecular flexibility index (Phi) is 3.73. The number of hydrogen-bond acceptors (Lipinski definition) is 5. The molecule has 0 radical (unpaired) electrons. The van der Waals surface area contributed by atoms with E-state index in [1.54, 1.807) is 26.2 Å². The number of nitrogens with one attached hydrogen (secondary N) is 1. The number of hydrogen-bond donors (Lipinski definition) is 1. The van der Waals surface area contributed by atoms with E-state index < -0.39 is 5.60 Å². The van der Waals surface area contributed by atoms with Crippen molar-refractivity contribution in [3.05, 3.63) is 35.5 Å². The molecule has 1 aromatic heterocycles. The molecule has 1 fully saturated rings. The van der Waals surface area contributed by atoms with Crippen LogP contribution in [-0.2, 0) is 10.3 Å². The summed E-state index contributed by atoms with van der Waals surface area (Å²) in [5.41, 5.74) is 0.655. The summed E-state index contributed by atoms with van der Waals surface area (Å²) in [4.78, 5) is 4.42. The van der Waals surface area contributed by atoms with E-state index in [2.05, 4.69) is 15.5 Å². The van der Waals surface area contributed by atoms with Crippen molar-refractivity contribution in [2.45, 2.75) is 25.4 Å². The molecular weight excluding hydrogens is 273 g/mol. The topological polar surface area (TPSA) is 60.2 Å². The number of ether oxygens (including phenoxy) is 1. The summed E-state index contributed by atoms with van der Waals surface area (Å²) in [5, 5.41) is 7.25. The van der Waals surface area contributed by atoms with Crippen molar-refractivity contribution in [3.8, 4) is 11.4 Å². The molecule has 1 aliphatic heterocycles. The van der Waals surface area contributed by atoms with Crippen LogP contribution in [0.3, 0.4) is 0 Å². The second-order valence-electron chi connectivity index (χ2n) is 5.34. The number of nitrogens with zero attached hydrogens (tertiary/aromatic N) is 2. The van der Waals surface area contributed by atoms with Crippen molar-refractivity contribution in [2.24, 2.45) is 0 Å². The first kappa shape index (κ1) is 14.2. The fourth-order valence-electron chi connectivity index (χ4n) is 2.59. The summed E-state index contributed by atoms with van der Waals surface area (Å²) in [6.45, 7) is 3.39. The molecule has 0 spiro atoms. The van der Waals surface area contributed by atoms with Crippen molar-refractivity contribution in [1.29, 1.82) is 0 Å². The molecule has 6 heteroatoms. The van der Waals surface area contributed by atoms with Crippen LogP contribution in [0.15, 0.2) is 22.7 Å². The Bertz CT molecular complexity index is 636. The van der Waals surface area contributed by atoms with Crippen molar-refractivity contribution in [3.63, 3.8) is 0 Å². The van der Waals surface area contributed by atoms with E-state index >= 15 is 0 Å². The number of benzene rings is 1. The van der Waals surface area contributed by atoms with Crippen molar-refractivity contribution in [2.75, 3.05) is 20.2 Å². The third-order valence-corrected chi connectivity index (χ3v) is 4.05. The number of rotatable bonds is 3. The molecule has 0 amide bonds. The number of halogens is 1. The van der Waals surface area contributed by atoms with Crippen LogP contribution in [0.2, 0.25) is 0 Å². The van der Waals surface area contributed by atoms with E-state index in [0.717, 1.165) is 25.9 Å². The molecule has 2 heterocycles. The summed E-state index contributed by atoms with van der Waals surface area (Å²) in [7, 11) is 1.65. The third kappa shape index (κ3) is 2.56. The summed E-state index contributed by atoms with van der Waals surface area (Å²) in [5.74, 6) is 0.573. The quantitative estimate of drug-likeness (QED) is 0.941. The zero-order valence-corrected chi connectivity index (χ0v) is 12.1. The molecule has 1 N–H and O–H groups in total. The molecule has 3 rings (SSSR count). The molecule has 2 aromatic rings. The second kappa shape index (κ2) is 5.54. The Balaban J connectivity index is 1.93. The second-order valence-corrected chi connectivity index (χ2v) is 5.34. The van der Waals surface area contributed by atoms with Gasteiger partial charge in [-0.3, -0.25) is 0 Å². The van der Waals surface area contributed by atoms with E-state index in [1.165, 1.54) is 6.07 Å². The first-order valence-corrected chi connectivity index (χ1v) is 7.01. The number of methoxy groups -OCH3 is 1. The van der Waals surface area contributed by atoms with Gasteiger partial charge in [-0.2, -0.15) is 4.98 Å². The van der Waals surface area contributed by atoms with E-state index in [0.29, 0.717) is 22.8 Å². The zero-order valence-electron chi connectivity index (χ0n) is 12.1. The molecule has 1 saturated heterocycles. The average molecular weight is 291 g/mol. The standard InChI is InChI=1S/C15H18FN3O2/c1-10-3-4-11(9-12(10)16)13-18-14(21-19-13)15(20-2)5-7-17-8-6-15/h3-4,9,17H,5-8H2,1-2H3. The number of aromatic nitrogens is 2. The summed E-state index contributed by atoms with van der Waals surface area (Å²) < 4.78 is 24.7. The van der Waals surface area contributed by atoms with Crippen LogP contribution in [-0.4, -0.2) is 30.3 Å². The highest BCUT2D eigenvalue weighted by molar-refractivity contribution is 5.55. The molecule has 0 saturated carbocycles. The summed E-state index contributed by atoms with van der Waals surface area (Å²) in [6.07, 6.45) is 1.54. The van der Waals surface area contributed by atoms with Crippen LogP contribution in [0, 0.1) is 12.7 Å². The largest absolute Gasteiger partial charge is 0.368 e. The van der Waals surface area contributed by atoms with E-state index in [-0.39, 0.29) is 5.82 Å². The molecular formula is C15H18FN3O2. The van der Waals surface area contributed by atoms with E-state index in [4.69, 9.17) is 9.26 Å². The predicted molar refractivity (Wildman–Crippen MR) is 75.2 cm³/mol. The number of piperidine rings is 1. The Morgan fingerprint density at radius 2 is 2.10 bits per heavy atom. The SMILES string of the molecule is COC1(c2nc(-c3ccc(C)c(F)c3)no2)CCNCC1. The number of aryl methyl sites for hydroxylation is 1. The average Bonchev–Trinajstić information content (AvgIpc) is 3.01. The molecule has 0 atom stereocenters. The van der Waals surface area contributed by atoms with Gasteiger partial charge in [0.2, 0.25) is 5.82 Å². The van der Waals surface area contributed by atoms with Gasteiger partial charge in [0.15, 0.2) is 0 Å². The molecule has 0 bridgehead atoms. The lowest BCUT2D eigenvalue weighted by Gasteiger charge is -2.32. The van der Waals surface area contributed by atoms with Crippen LogP contribution >= 0.6 is 0 Å². The lowest BCUT2D eigenvalue weighted by Crippen LogP contribution is -2.41. The Hall–Kier alpha value is -1.79. The minimum Gasteiger partial charge on any atom is -0.368 e. The first-order chi connectivity index (χ1) is 10.1. The van der Waals surface area contributed by atoms with Gasteiger partial charge < -0.3 is 14.6 Å². The highest BCUT2D eigenvalue weighted by atomic mass is 19.1. The summed E-state index contributed by atoms with van der Waals surface area (Å²) in [6, 6.07) is 4.91. The highest BCUT2D eigenvalue weighted by Crippen LogP contribution is 2.34. The van der Waals surface area contributed by atoms with Gasteiger partial charge >= 0.3 is 0 Å². The van der Waals surface area contributed by atoms with E-state index in [9.17, 15) is 4.39 Å². The molecule has 1 aliphatic rings.